The Balaban J connectivity index is 2.73. The van der Waals surface area contributed by atoms with Crippen LogP contribution in [0.5, 0.6) is 0 Å². The molecule has 0 aliphatic heterocycles. The van der Waals surface area contributed by atoms with E-state index in [1.165, 1.54) is 12.3 Å². The molecule has 16 heavy (non-hydrogen) atoms. The van der Waals surface area contributed by atoms with Crippen molar-refractivity contribution in [3.63, 3.8) is 0 Å². The molecule has 0 bridgehead atoms. The summed E-state index contributed by atoms with van der Waals surface area (Å²) in [6, 6.07) is 1.38. The molecular formula is C10H9BrFN3S. The summed E-state index contributed by atoms with van der Waals surface area (Å²) in [5, 5.41) is 0. The Bertz CT molecular complexity index is 579. The first kappa shape index (κ1) is 11.5. The van der Waals surface area contributed by atoms with Gasteiger partial charge in [0.15, 0.2) is 5.65 Å². The number of nitrogens with two attached hydrogens (primary N) is 1. The Morgan fingerprint density at radius 3 is 3.00 bits per heavy atom. The van der Waals surface area contributed by atoms with Gasteiger partial charge in [-0.25, -0.2) is 9.37 Å². The molecule has 0 saturated heterocycles. The zero-order chi connectivity index (χ0) is 11.9. The molecule has 0 atom stereocenters. The average Bonchev–Trinajstić information content (AvgIpc) is 2.45. The van der Waals surface area contributed by atoms with Gasteiger partial charge in [0.05, 0.1) is 20.8 Å². The maximum atomic E-state index is 13.3. The number of nitrogens with zero attached hydrogens (tertiary/aromatic N) is 2. The van der Waals surface area contributed by atoms with Crippen LogP contribution in [-0.2, 0) is 6.42 Å². The van der Waals surface area contributed by atoms with Gasteiger partial charge in [0.25, 0.3) is 0 Å². The molecule has 2 N–H and O–H groups in total. The van der Waals surface area contributed by atoms with Gasteiger partial charge in [0, 0.05) is 12.6 Å². The van der Waals surface area contributed by atoms with Crippen LogP contribution in [0.2, 0.25) is 0 Å². The molecule has 0 fully saturated rings. The van der Waals surface area contributed by atoms with Crippen molar-refractivity contribution in [3.05, 3.63) is 33.9 Å². The third kappa shape index (κ3) is 1.94. The topological polar surface area (TPSA) is 43.3 Å². The van der Waals surface area contributed by atoms with Gasteiger partial charge in [0.2, 0.25) is 0 Å². The molecule has 2 heterocycles. The maximum Gasteiger partial charge on any atom is 0.151 e. The number of imidazole rings is 1. The van der Waals surface area contributed by atoms with Gasteiger partial charge >= 0.3 is 0 Å². The quantitative estimate of drug-likeness (QED) is 0.866. The molecule has 0 amide bonds. The highest BCUT2D eigenvalue weighted by Crippen LogP contribution is 2.22. The SMILES string of the molecule is Cc1nc2c(Br)cc(F)cn2c1CC(N)=S. The standard InChI is InChI=1S/C10H9BrFN3S/c1-5-8(3-9(13)16)15-4-6(12)2-7(11)10(15)14-5/h2,4H,3H2,1H3,(H2,13,16). The van der Waals surface area contributed by atoms with Gasteiger partial charge < -0.3 is 5.73 Å². The number of hydrogen-bond acceptors (Lipinski definition) is 2. The summed E-state index contributed by atoms with van der Waals surface area (Å²) in [5.41, 5.74) is 7.80. The number of hydrogen-bond donors (Lipinski definition) is 1. The summed E-state index contributed by atoms with van der Waals surface area (Å²) in [7, 11) is 0. The Labute approximate surface area is 106 Å². The summed E-state index contributed by atoms with van der Waals surface area (Å²) in [4.78, 5) is 4.71. The van der Waals surface area contributed by atoms with E-state index in [2.05, 4.69) is 20.9 Å². The van der Waals surface area contributed by atoms with Crippen molar-refractivity contribution in [3.8, 4) is 0 Å². The minimum atomic E-state index is -0.332. The molecule has 0 radical (unpaired) electrons. The molecule has 84 valence electrons. The highest BCUT2D eigenvalue weighted by Gasteiger charge is 2.12. The van der Waals surface area contributed by atoms with Crippen molar-refractivity contribution in [1.82, 2.24) is 9.38 Å². The molecule has 0 unspecified atom stereocenters. The number of thiocarbonyl (C=S) groups is 1. The summed E-state index contributed by atoms with van der Waals surface area (Å²) in [6.45, 7) is 1.85. The van der Waals surface area contributed by atoms with Crippen LogP contribution in [0.4, 0.5) is 4.39 Å². The molecule has 6 heteroatoms. The van der Waals surface area contributed by atoms with Crippen LogP contribution in [0.25, 0.3) is 5.65 Å². The number of halogens is 2. The number of rotatable bonds is 2. The van der Waals surface area contributed by atoms with Gasteiger partial charge in [-0.15, -0.1) is 0 Å². The van der Waals surface area contributed by atoms with Crippen molar-refractivity contribution in [2.45, 2.75) is 13.3 Å². The first-order chi connectivity index (χ1) is 7.49. The van der Waals surface area contributed by atoms with E-state index >= 15 is 0 Å². The fraction of sp³-hybridized carbons (Fsp3) is 0.200. The predicted molar refractivity (Wildman–Crippen MR) is 68.1 cm³/mol. The maximum absolute atomic E-state index is 13.3. The van der Waals surface area contributed by atoms with Crippen LogP contribution < -0.4 is 5.73 Å². The molecule has 0 aliphatic rings. The normalized spacial score (nSPS) is 10.9. The van der Waals surface area contributed by atoms with Gasteiger partial charge in [0.1, 0.15) is 5.82 Å². The van der Waals surface area contributed by atoms with Gasteiger partial charge in [-0.2, -0.15) is 0 Å². The lowest BCUT2D eigenvalue weighted by Crippen LogP contribution is -2.13. The van der Waals surface area contributed by atoms with E-state index in [9.17, 15) is 4.39 Å². The molecule has 0 saturated carbocycles. The minimum absolute atomic E-state index is 0.332. The second kappa shape index (κ2) is 4.10. The Morgan fingerprint density at radius 2 is 2.38 bits per heavy atom. The molecule has 2 rings (SSSR count). The third-order valence-corrected chi connectivity index (χ3v) is 3.01. The predicted octanol–water partition coefficient (Wildman–Crippen LogP) is 2.37. The lowest BCUT2D eigenvalue weighted by atomic mass is 10.2. The molecule has 2 aromatic heterocycles. The van der Waals surface area contributed by atoms with Gasteiger partial charge in [-0.3, -0.25) is 4.40 Å². The van der Waals surface area contributed by atoms with E-state index in [1.54, 1.807) is 4.40 Å². The fourth-order valence-corrected chi connectivity index (χ4v) is 2.25. The smallest absolute Gasteiger partial charge is 0.151 e. The number of aromatic nitrogens is 2. The van der Waals surface area contributed by atoms with Crippen LogP contribution in [0, 0.1) is 12.7 Å². The molecule has 0 aliphatic carbocycles. The molecule has 0 spiro atoms. The summed E-state index contributed by atoms with van der Waals surface area (Å²) in [6.07, 6.45) is 1.80. The van der Waals surface area contributed by atoms with Gasteiger partial charge in [-0.05, 0) is 28.9 Å². The molecule has 2 aromatic rings. The third-order valence-electron chi connectivity index (χ3n) is 2.28. The van der Waals surface area contributed by atoms with Crippen molar-refractivity contribution in [2.75, 3.05) is 0 Å². The van der Waals surface area contributed by atoms with E-state index in [0.717, 1.165) is 11.4 Å². The minimum Gasteiger partial charge on any atom is -0.393 e. The van der Waals surface area contributed by atoms with E-state index in [-0.39, 0.29) is 5.82 Å². The summed E-state index contributed by atoms with van der Waals surface area (Å²) < 4.78 is 15.6. The zero-order valence-corrected chi connectivity index (χ0v) is 10.9. The lowest BCUT2D eigenvalue weighted by Gasteiger charge is -2.02. The summed E-state index contributed by atoms with van der Waals surface area (Å²) in [5.74, 6) is -0.332. The Kier molecular flexibility index (Phi) is 2.94. The van der Waals surface area contributed by atoms with Crippen LogP contribution in [0.3, 0.4) is 0 Å². The van der Waals surface area contributed by atoms with Crippen molar-refractivity contribution < 1.29 is 4.39 Å². The number of fused-ring (bicyclic) bond motifs is 1. The van der Waals surface area contributed by atoms with Crippen molar-refractivity contribution >= 4 is 38.8 Å². The second-order valence-electron chi connectivity index (χ2n) is 3.49. The zero-order valence-electron chi connectivity index (χ0n) is 8.50. The van der Waals surface area contributed by atoms with Crippen molar-refractivity contribution in [2.24, 2.45) is 5.73 Å². The summed E-state index contributed by atoms with van der Waals surface area (Å²) >= 11 is 8.14. The first-order valence-corrected chi connectivity index (χ1v) is 5.80. The van der Waals surface area contributed by atoms with E-state index < -0.39 is 0 Å². The molecule has 3 nitrogen and oxygen atoms in total. The van der Waals surface area contributed by atoms with Crippen LogP contribution >= 0.6 is 28.1 Å². The molecule has 0 aromatic carbocycles. The largest absolute Gasteiger partial charge is 0.393 e. The Hall–Kier alpha value is -1.01. The first-order valence-electron chi connectivity index (χ1n) is 4.60. The van der Waals surface area contributed by atoms with Crippen LogP contribution in [0.15, 0.2) is 16.7 Å². The molecular weight excluding hydrogens is 293 g/mol. The number of aryl methyl sites for hydroxylation is 1. The monoisotopic (exact) mass is 301 g/mol. The van der Waals surface area contributed by atoms with Crippen LogP contribution in [0.1, 0.15) is 11.4 Å². The average molecular weight is 302 g/mol. The van der Waals surface area contributed by atoms with Gasteiger partial charge in [-0.1, -0.05) is 12.2 Å². The highest BCUT2D eigenvalue weighted by molar-refractivity contribution is 9.10. The fourth-order valence-electron chi connectivity index (χ4n) is 1.61. The van der Waals surface area contributed by atoms with E-state index in [4.69, 9.17) is 18.0 Å². The Morgan fingerprint density at radius 1 is 1.69 bits per heavy atom. The lowest BCUT2D eigenvalue weighted by molar-refractivity contribution is 0.617. The highest BCUT2D eigenvalue weighted by atomic mass is 79.9. The van der Waals surface area contributed by atoms with Crippen molar-refractivity contribution in [1.29, 1.82) is 0 Å². The number of pyridine rings is 1. The van der Waals surface area contributed by atoms with E-state index in [1.807, 2.05) is 6.92 Å². The van der Waals surface area contributed by atoms with Crippen LogP contribution in [-0.4, -0.2) is 14.4 Å². The second-order valence-corrected chi connectivity index (χ2v) is 4.87. The van der Waals surface area contributed by atoms with E-state index in [0.29, 0.717) is 21.5 Å².